The molecule has 1 amide bonds. The molecule has 0 aliphatic carbocycles. The number of nitrogens with two attached hydrogens (primary N) is 1. The van der Waals surface area contributed by atoms with E-state index in [1.165, 1.54) is 0 Å². The number of likely N-dealkylation sites (tertiary alicyclic amines) is 1. The molecule has 0 bridgehead atoms. The van der Waals surface area contributed by atoms with Crippen LogP contribution in [0.15, 0.2) is 18.2 Å². The van der Waals surface area contributed by atoms with Crippen molar-refractivity contribution < 1.29 is 9.53 Å². The Kier molecular flexibility index (Phi) is 5.70. The Balaban J connectivity index is 1.86. The number of rotatable bonds is 6. The number of nitrogens with zero attached hydrogens (tertiary/aromatic N) is 1. The lowest BCUT2D eigenvalue weighted by Crippen LogP contribution is -2.40. The lowest BCUT2D eigenvalue weighted by Gasteiger charge is -2.23. The number of carbonyl (C=O) groups excluding carboxylic acids is 1. The van der Waals surface area contributed by atoms with Gasteiger partial charge in [0.25, 0.3) is 0 Å². The molecule has 5 nitrogen and oxygen atoms in total. The highest BCUT2D eigenvalue weighted by molar-refractivity contribution is 6.30. The molecular formula is C15H22ClN3O2. The number of anilines is 1. The fourth-order valence-electron chi connectivity index (χ4n) is 2.68. The van der Waals surface area contributed by atoms with Gasteiger partial charge in [0.15, 0.2) is 0 Å². The molecule has 1 aromatic carbocycles. The van der Waals surface area contributed by atoms with Crippen molar-refractivity contribution in [3.8, 4) is 5.75 Å². The van der Waals surface area contributed by atoms with Gasteiger partial charge in [-0.2, -0.15) is 0 Å². The maximum atomic E-state index is 12.2. The lowest BCUT2D eigenvalue weighted by atomic mass is 10.2. The first-order chi connectivity index (χ1) is 10.2. The summed E-state index contributed by atoms with van der Waals surface area (Å²) in [5.74, 6) is 0.865. The molecule has 2 rings (SSSR count). The molecule has 0 aromatic heterocycles. The van der Waals surface area contributed by atoms with E-state index in [0.717, 1.165) is 25.1 Å². The van der Waals surface area contributed by atoms with Crippen LogP contribution in [0.25, 0.3) is 0 Å². The molecule has 1 atom stereocenters. The minimum absolute atomic E-state index is 0.149. The van der Waals surface area contributed by atoms with Crippen molar-refractivity contribution in [3.05, 3.63) is 23.2 Å². The van der Waals surface area contributed by atoms with Crippen LogP contribution in [0.5, 0.6) is 5.75 Å². The number of hydrogen-bond acceptors (Lipinski definition) is 4. The van der Waals surface area contributed by atoms with Gasteiger partial charge < -0.3 is 20.7 Å². The standard InChI is InChI=1S/C15H22ClN3O2/c1-21-14-5-4-11(16)9-13(14)18-7-6-15(20)19-8-2-3-12(19)10-17/h4-5,9,12,18H,2-3,6-8,10,17H2,1H3. The van der Waals surface area contributed by atoms with Gasteiger partial charge in [0, 0.05) is 37.1 Å². The molecule has 6 heteroatoms. The predicted molar refractivity (Wildman–Crippen MR) is 84.9 cm³/mol. The van der Waals surface area contributed by atoms with Gasteiger partial charge in [-0.1, -0.05) is 11.6 Å². The molecule has 1 fully saturated rings. The molecule has 1 aliphatic rings. The highest BCUT2D eigenvalue weighted by atomic mass is 35.5. The molecule has 1 heterocycles. The van der Waals surface area contributed by atoms with Crippen molar-refractivity contribution in [1.82, 2.24) is 4.90 Å². The van der Waals surface area contributed by atoms with E-state index in [1.807, 2.05) is 4.90 Å². The number of halogens is 1. The van der Waals surface area contributed by atoms with Crippen LogP contribution in [0.1, 0.15) is 19.3 Å². The van der Waals surface area contributed by atoms with Crippen LogP contribution in [0.3, 0.4) is 0 Å². The average Bonchev–Trinajstić information content (AvgIpc) is 2.96. The van der Waals surface area contributed by atoms with Gasteiger partial charge in [0.05, 0.1) is 12.8 Å². The Morgan fingerprint density at radius 1 is 1.57 bits per heavy atom. The first kappa shape index (κ1) is 15.9. The van der Waals surface area contributed by atoms with Crippen molar-refractivity contribution in [2.75, 3.05) is 32.1 Å². The average molecular weight is 312 g/mol. The minimum atomic E-state index is 0.149. The van der Waals surface area contributed by atoms with Crippen LogP contribution in [0.2, 0.25) is 5.02 Å². The largest absolute Gasteiger partial charge is 0.495 e. The lowest BCUT2D eigenvalue weighted by molar-refractivity contribution is -0.131. The highest BCUT2D eigenvalue weighted by Crippen LogP contribution is 2.27. The quantitative estimate of drug-likeness (QED) is 0.844. The van der Waals surface area contributed by atoms with Crippen molar-refractivity contribution in [2.24, 2.45) is 5.73 Å². The third-order valence-electron chi connectivity index (χ3n) is 3.79. The summed E-state index contributed by atoms with van der Waals surface area (Å²) in [6.07, 6.45) is 2.49. The summed E-state index contributed by atoms with van der Waals surface area (Å²) in [7, 11) is 1.61. The van der Waals surface area contributed by atoms with Crippen molar-refractivity contribution in [3.63, 3.8) is 0 Å². The Bertz CT molecular complexity index is 496. The van der Waals surface area contributed by atoms with Gasteiger partial charge in [-0.05, 0) is 31.0 Å². The summed E-state index contributed by atoms with van der Waals surface area (Å²) in [5, 5.41) is 3.84. The van der Waals surface area contributed by atoms with E-state index in [1.54, 1.807) is 25.3 Å². The monoisotopic (exact) mass is 311 g/mol. The molecule has 1 aromatic rings. The van der Waals surface area contributed by atoms with E-state index in [-0.39, 0.29) is 11.9 Å². The Morgan fingerprint density at radius 3 is 3.10 bits per heavy atom. The number of methoxy groups -OCH3 is 1. The van der Waals surface area contributed by atoms with E-state index in [0.29, 0.717) is 30.3 Å². The van der Waals surface area contributed by atoms with Crippen molar-refractivity contribution in [1.29, 1.82) is 0 Å². The summed E-state index contributed by atoms with van der Waals surface area (Å²) in [6, 6.07) is 5.58. The second kappa shape index (κ2) is 7.52. The summed E-state index contributed by atoms with van der Waals surface area (Å²) in [5.41, 5.74) is 6.50. The van der Waals surface area contributed by atoms with Gasteiger partial charge in [-0.3, -0.25) is 4.79 Å². The molecule has 1 aliphatic heterocycles. The van der Waals surface area contributed by atoms with E-state index in [9.17, 15) is 4.79 Å². The Morgan fingerprint density at radius 2 is 2.38 bits per heavy atom. The van der Waals surface area contributed by atoms with Gasteiger partial charge in [0.1, 0.15) is 5.75 Å². The van der Waals surface area contributed by atoms with Gasteiger partial charge >= 0.3 is 0 Å². The third-order valence-corrected chi connectivity index (χ3v) is 4.02. The zero-order valence-electron chi connectivity index (χ0n) is 12.3. The number of ether oxygens (including phenoxy) is 1. The zero-order valence-corrected chi connectivity index (χ0v) is 13.0. The molecule has 21 heavy (non-hydrogen) atoms. The van der Waals surface area contributed by atoms with Crippen LogP contribution in [-0.4, -0.2) is 43.6 Å². The number of hydrogen-bond donors (Lipinski definition) is 2. The summed E-state index contributed by atoms with van der Waals surface area (Å²) in [6.45, 7) is 1.91. The fourth-order valence-corrected chi connectivity index (χ4v) is 2.85. The maximum Gasteiger partial charge on any atom is 0.224 e. The van der Waals surface area contributed by atoms with Gasteiger partial charge in [-0.15, -0.1) is 0 Å². The van der Waals surface area contributed by atoms with Crippen molar-refractivity contribution >= 4 is 23.2 Å². The number of amides is 1. The minimum Gasteiger partial charge on any atom is -0.495 e. The summed E-state index contributed by atoms with van der Waals surface area (Å²) < 4.78 is 5.26. The normalized spacial score (nSPS) is 17.9. The SMILES string of the molecule is COc1ccc(Cl)cc1NCCC(=O)N1CCCC1CN. The highest BCUT2D eigenvalue weighted by Gasteiger charge is 2.26. The van der Waals surface area contributed by atoms with E-state index in [2.05, 4.69) is 5.32 Å². The maximum absolute atomic E-state index is 12.2. The van der Waals surface area contributed by atoms with E-state index in [4.69, 9.17) is 22.1 Å². The molecule has 0 spiro atoms. The van der Waals surface area contributed by atoms with Crippen molar-refractivity contribution in [2.45, 2.75) is 25.3 Å². The Labute approximate surface area is 130 Å². The molecule has 1 saturated heterocycles. The van der Waals surface area contributed by atoms with Crippen LogP contribution in [0, 0.1) is 0 Å². The Hall–Kier alpha value is -1.46. The smallest absolute Gasteiger partial charge is 0.224 e. The van der Waals surface area contributed by atoms with E-state index >= 15 is 0 Å². The number of carbonyl (C=O) groups is 1. The predicted octanol–water partition coefficient (Wildman–Crippen LogP) is 2.10. The third kappa shape index (κ3) is 4.02. The topological polar surface area (TPSA) is 67.6 Å². The zero-order chi connectivity index (χ0) is 15.2. The van der Waals surface area contributed by atoms with Crippen LogP contribution in [-0.2, 0) is 4.79 Å². The van der Waals surface area contributed by atoms with Crippen LogP contribution >= 0.6 is 11.6 Å². The van der Waals surface area contributed by atoms with Crippen LogP contribution < -0.4 is 15.8 Å². The second-order valence-corrected chi connectivity index (χ2v) is 5.58. The van der Waals surface area contributed by atoms with E-state index < -0.39 is 0 Å². The van der Waals surface area contributed by atoms with Crippen LogP contribution in [0.4, 0.5) is 5.69 Å². The first-order valence-corrected chi connectivity index (χ1v) is 7.60. The molecule has 0 saturated carbocycles. The molecule has 0 radical (unpaired) electrons. The summed E-state index contributed by atoms with van der Waals surface area (Å²) >= 11 is 5.97. The number of nitrogens with one attached hydrogen (secondary N) is 1. The molecular weight excluding hydrogens is 290 g/mol. The fraction of sp³-hybridized carbons (Fsp3) is 0.533. The van der Waals surface area contributed by atoms with Gasteiger partial charge in [0.2, 0.25) is 5.91 Å². The molecule has 116 valence electrons. The molecule has 1 unspecified atom stereocenters. The number of benzene rings is 1. The second-order valence-electron chi connectivity index (χ2n) is 5.14. The molecule has 3 N–H and O–H groups in total. The first-order valence-electron chi connectivity index (χ1n) is 7.22. The summed E-state index contributed by atoms with van der Waals surface area (Å²) in [4.78, 5) is 14.1. The van der Waals surface area contributed by atoms with Gasteiger partial charge in [-0.25, -0.2) is 0 Å².